The maximum atomic E-state index is 3.51. The second-order valence-corrected chi connectivity index (χ2v) is 10.3. The summed E-state index contributed by atoms with van der Waals surface area (Å²) >= 11 is 0. The molecule has 0 saturated heterocycles. The van der Waals surface area contributed by atoms with Gasteiger partial charge in [0.05, 0.1) is 0 Å². The van der Waals surface area contributed by atoms with Gasteiger partial charge in [-0.2, -0.15) is 23.3 Å². The van der Waals surface area contributed by atoms with Gasteiger partial charge in [-0.05, 0) is 11.4 Å². The second-order valence-electron chi connectivity index (χ2n) is 9.25. The molecule has 6 rings (SSSR count). The Kier molecular flexibility index (Phi) is 8.46. The number of benzene rings is 2. The van der Waals surface area contributed by atoms with E-state index in [9.17, 15) is 0 Å². The summed E-state index contributed by atoms with van der Waals surface area (Å²) in [5.41, 5.74) is 13.5. The number of anilines is 2. The van der Waals surface area contributed by atoms with E-state index in [1.54, 1.807) is 0 Å². The van der Waals surface area contributed by atoms with Crippen LogP contribution in [-0.2, 0) is 25.8 Å². The maximum absolute atomic E-state index is 3.51. The van der Waals surface area contributed by atoms with E-state index >= 15 is 0 Å². The first-order valence-corrected chi connectivity index (χ1v) is 13.7. The molecular formula is C30H34HfN2Si-2. The number of likely N-dealkylation sites (N-methyl/N-ethyl adjacent to an activating group) is 2. The summed E-state index contributed by atoms with van der Waals surface area (Å²) < 4.78 is 0. The molecule has 0 saturated carbocycles. The number of fused-ring (bicyclic) bond motifs is 6. The maximum Gasteiger partial charge on any atom is 0.0307 e. The minimum atomic E-state index is 0. The molecule has 2 aliphatic heterocycles. The molecule has 0 N–H and O–H groups in total. The average Bonchev–Trinajstić information content (AvgIpc) is 3.47. The fourth-order valence-corrected chi connectivity index (χ4v) is 5.27. The van der Waals surface area contributed by atoms with Gasteiger partial charge >= 0.3 is 0 Å². The number of rotatable bonds is 0. The zero-order valence-electron chi connectivity index (χ0n) is 21.7. The van der Waals surface area contributed by atoms with Gasteiger partial charge in [0.1, 0.15) is 0 Å². The van der Waals surface area contributed by atoms with E-state index in [0.717, 1.165) is 9.52 Å². The minimum absolute atomic E-state index is 0. The molecule has 2 unspecified atom stereocenters. The first kappa shape index (κ1) is 26.7. The average molecular weight is 629 g/mol. The van der Waals surface area contributed by atoms with Crippen molar-refractivity contribution in [1.82, 2.24) is 0 Å². The monoisotopic (exact) mass is 630 g/mol. The molecule has 0 fully saturated rings. The Morgan fingerprint density at radius 3 is 1.32 bits per heavy atom. The molecule has 0 bridgehead atoms. The van der Waals surface area contributed by atoms with Crippen molar-refractivity contribution in [1.29, 1.82) is 0 Å². The van der Waals surface area contributed by atoms with Crippen LogP contribution in [0.2, 0.25) is 13.1 Å². The SMILES string of the molecule is CC1=C(C)C2C(=[C-]1)c1ccccc1N2C.CC1=C(C)C2C(=[C-]1)c1ccccc1N2C.C[Si]C.[Hf]. The number of nitrogens with zero attached hydrogens (tertiary/aromatic N) is 2. The molecule has 4 heteroatoms. The Morgan fingerprint density at radius 2 is 0.971 bits per heavy atom. The number of hydrogen-bond donors (Lipinski definition) is 0. The third-order valence-electron chi connectivity index (χ3n) is 7.12. The van der Waals surface area contributed by atoms with Crippen molar-refractivity contribution >= 4 is 32.0 Å². The Bertz CT molecular complexity index is 1110. The molecule has 0 amide bonds. The van der Waals surface area contributed by atoms with Crippen molar-refractivity contribution in [3.8, 4) is 0 Å². The molecule has 2 nitrogen and oxygen atoms in total. The van der Waals surface area contributed by atoms with E-state index in [1.807, 2.05) is 0 Å². The Balaban J connectivity index is 0.000000167. The molecule has 4 aliphatic rings. The van der Waals surface area contributed by atoms with Crippen molar-refractivity contribution in [3.05, 3.63) is 94.1 Å². The van der Waals surface area contributed by atoms with Crippen molar-refractivity contribution < 1.29 is 25.8 Å². The minimum Gasteiger partial charge on any atom is -0.386 e. The van der Waals surface area contributed by atoms with Crippen LogP contribution in [-0.4, -0.2) is 35.7 Å². The van der Waals surface area contributed by atoms with Gasteiger partial charge in [0, 0.05) is 61.5 Å². The quantitative estimate of drug-likeness (QED) is 0.232. The Labute approximate surface area is 227 Å². The van der Waals surface area contributed by atoms with Crippen molar-refractivity contribution in [2.45, 2.75) is 52.9 Å². The first-order chi connectivity index (χ1) is 15.8. The van der Waals surface area contributed by atoms with Gasteiger partial charge < -0.3 is 9.80 Å². The third kappa shape index (κ3) is 4.40. The summed E-state index contributed by atoms with van der Waals surface area (Å²) in [6.07, 6.45) is 7.01. The van der Waals surface area contributed by atoms with Crippen LogP contribution in [0.1, 0.15) is 38.8 Å². The number of hydrogen-bond acceptors (Lipinski definition) is 2. The third-order valence-corrected chi connectivity index (χ3v) is 7.12. The van der Waals surface area contributed by atoms with Crippen molar-refractivity contribution in [2.75, 3.05) is 23.9 Å². The van der Waals surface area contributed by atoms with Crippen LogP contribution >= 0.6 is 0 Å². The van der Waals surface area contributed by atoms with Gasteiger partial charge in [-0.25, -0.2) is 0 Å². The topological polar surface area (TPSA) is 6.48 Å². The zero-order chi connectivity index (χ0) is 23.9. The standard InChI is InChI=1S/2C14H14N.C2H6Si.Hf/c2*1-9-8-12-11-6-4-5-7-13(11)15(3)14(12)10(9)2;1-3-2;/h2*4-7,14H,1-3H3;1-2H3;/q2*-1;;. The van der Waals surface area contributed by atoms with Crippen LogP contribution in [0, 0.1) is 12.2 Å². The van der Waals surface area contributed by atoms with Gasteiger partial charge in [0.25, 0.3) is 0 Å². The van der Waals surface area contributed by atoms with E-state index in [-0.39, 0.29) is 25.8 Å². The van der Waals surface area contributed by atoms with E-state index in [4.69, 9.17) is 0 Å². The molecule has 2 atom stereocenters. The smallest absolute Gasteiger partial charge is 0.0307 e. The molecule has 0 aromatic heterocycles. The van der Waals surface area contributed by atoms with Gasteiger partial charge in [0.15, 0.2) is 0 Å². The predicted molar refractivity (Wildman–Crippen MR) is 145 cm³/mol. The number of para-hydroxylation sites is 2. The molecule has 2 aromatic carbocycles. The Hall–Kier alpha value is -1.91. The van der Waals surface area contributed by atoms with Gasteiger partial charge in [-0.3, -0.25) is 0 Å². The van der Waals surface area contributed by atoms with Crippen LogP contribution in [0.25, 0.3) is 11.1 Å². The molecule has 2 radical (unpaired) electrons. The molecule has 0 spiro atoms. The fourth-order valence-electron chi connectivity index (χ4n) is 5.27. The largest absolute Gasteiger partial charge is 0.386 e. The van der Waals surface area contributed by atoms with E-state index < -0.39 is 0 Å². The Morgan fingerprint density at radius 1 is 0.647 bits per heavy atom. The van der Waals surface area contributed by atoms with E-state index in [2.05, 4.69) is 125 Å². The van der Waals surface area contributed by atoms with Crippen LogP contribution in [0.5, 0.6) is 0 Å². The zero-order valence-corrected chi connectivity index (χ0v) is 26.3. The fraction of sp³-hybridized carbons (Fsp3) is 0.333. The van der Waals surface area contributed by atoms with Crippen molar-refractivity contribution in [3.63, 3.8) is 0 Å². The summed E-state index contributed by atoms with van der Waals surface area (Å²) in [5, 5.41) is 0. The normalized spacial score (nSPS) is 20.8. The molecule has 2 aromatic rings. The summed E-state index contributed by atoms with van der Waals surface area (Å²) in [6, 6.07) is 18.0. The van der Waals surface area contributed by atoms with Gasteiger partial charge in [-0.1, -0.05) is 88.3 Å². The van der Waals surface area contributed by atoms with Crippen molar-refractivity contribution in [2.24, 2.45) is 0 Å². The van der Waals surface area contributed by atoms with Crippen LogP contribution in [0.15, 0.2) is 70.8 Å². The predicted octanol–water partition coefficient (Wildman–Crippen LogP) is 6.87. The van der Waals surface area contributed by atoms with Crippen LogP contribution < -0.4 is 9.80 Å². The first-order valence-electron chi connectivity index (χ1n) is 11.7. The van der Waals surface area contributed by atoms with Crippen LogP contribution in [0.4, 0.5) is 11.4 Å². The molecule has 2 aliphatic carbocycles. The van der Waals surface area contributed by atoms with E-state index in [0.29, 0.717) is 12.1 Å². The molecule has 2 heterocycles. The molecule has 174 valence electrons. The van der Waals surface area contributed by atoms with Gasteiger partial charge in [-0.15, -0.1) is 34.4 Å². The summed E-state index contributed by atoms with van der Waals surface area (Å²) in [7, 11) is 5.42. The summed E-state index contributed by atoms with van der Waals surface area (Å²) in [4.78, 5) is 4.70. The molecule has 34 heavy (non-hydrogen) atoms. The summed E-state index contributed by atoms with van der Waals surface area (Å²) in [5.74, 6) is 0. The second kappa shape index (κ2) is 10.8. The molecular weight excluding hydrogens is 595 g/mol. The van der Waals surface area contributed by atoms with E-state index in [1.165, 1.54) is 55.9 Å². The van der Waals surface area contributed by atoms with Gasteiger partial charge in [0.2, 0.25) is 0 Å². The number of allylic oxidation sites excluding steroid dienone is 4. The summed E-state index contributed by atoms with van der Waals surface area (Å²) in [6.45, 7) is 13.0. The van der Waals surface area contributed by atoms with Crippen LogP contribution in [0.3, 0.4) is 0 Å².